The van der Waals surface area contributed by atoms with Crippen LogP contribution in [-0.4, -0.2) is 29.8 Å². The van der Waals surface area contributed by atoms with E-state index in [4.69, 9.17) is 15.6 Å². The predicted octanol–water partition coefficient (Wildman–Crippen LogP) is 1.45. The van der Waals surface area contributed by atoms with E-state index in [-0.39, 0.29) is 18.1 Å². The molecule has 4 nitrogen and oxygen atoms in total. The number of hydrogen-bond acceptors (Lipinski definition) is 5. The standard InChI is InChI=1S/C11H20N2O2S/c1-11(2,3)10-13-8(7-16-10)9(6-12)15-5-4-14/h7,9,14H,4-6,12H2,1-3H3. The molecule has 1 rings (SSSR count). The summed E-state index contributed by atoms with van der Waals surface area (Å²) < 4.78 is 5.42. The van der Waals surface area contributed by atoms with Gasteiger partial charge in [-0.3, -0.25) is 0 Å². The largest absolute Gasteiger partial charge is 0.394 e. The Balaban J connectivity index is 2.75. The van der Waals surface area contributed by atoms with E-state index in [2.05, 4.69) is 25.8 Å². The van der Waals surface area contributed by atoms with Crippen LogP contribution in [0.15, 0.2) is 5.38 Å². The second-order valence-corrected chi connectivity index (χ2v) is 5.50. The number of nitrogens with two attached hydrogens (primary N) is 1. The molecule has 0 amide bonds. The molecule has 0 aliphatic rings. The molecule has 3 N–H and O–H groups in total. The van der Waals surface area contributed by atoms with Gasteiger partial charge >= 0.3 is 0 Å². The summed E-state index contributed by atoms with van der Waals surface area (Å²) in [6.45, 7) is 7.06. The van der Waals surface area contributed by atoms with Gasteiger partial charge in [-0.05, 0) is 0 Å². The molecule has 16 heavy (non-hydrogen) atoms. The zero-order chi connectivity index (χ0) is 12.2. The molecule has 5 heteroatoms. The molecule has 0 aliphatic heterocycles. The lowest BCUT2D eigenvalue weighted by atomic mass is 9.98. The highest BCUT2D eigenvalue weighted by atomic mass is 32.1. The van der Waals surface area contributed by atoms with Gasteiger partial charge in [-0.15, -0.1) is 11.3 Å². The van der Waals surface area contributed by atoms with Crippen LogP contribution in [0.25, 0.3) is 0 Å². The maximum Gasteiger partial charge on any atom is 0.113 e. The van der Waals surface area contributed by atoms with Crippen LogP contribution in [0.3, 0.4) is 0 Å². The molecule has 0 radical (unpaired) electrons. The summed E-state index contributed by atoms with van der Waals surface area (Å²) in [7, 11) is 0. The van der Waals surface area contributed by atoms with E-state index in [0.29, 0.717) is 13.2 Å². The van der Waals surface area contributed by atoms with E-state index in [1.807, 2.05) is 5.38 Å². The lowest BCUT2D eigenvalue weighted by Gasteiger charge is -2.15. The summed E-state index contributed by atoms with van der Waals surface area (Å²) in [5, 5.41) is 11.8. The highest BCUT2D eigenvalue weighted by molar-refractivity contribution is 7.09. The Morgan fingerprint density at radius 2 is 2.25 bits per heavy atom. The lowest BCUT2D eigenvalue weighted by molar-refractivity contribution is 0.0308. The second-order valence-electron chi connectivity index (χ2n) is 4.65. The van der Waals surface area contributed by atoms with Crippen LogP contribution in [0.5, 0.6) is 0 Å². The number of hydrogen-bond donors (Lipinski definition) is 2. The van der Waals surface area contributed by atoms with Crippen LogP contribution in [0.4, 0.5) is 0 Å². The van der Waals surface area contributed by atoms with E-state index in [0.717, 1.165) is 10.7 Å². The molecular weight excluding hydrogens is 224 g/mol. The fourth-order valence-electron chi connectivity index (χ4n) is 1.25. The monoisotopic (exact) mass is 244 g/mol. The maximum absolute atomic E-state index is 8.71. The third-order valence-corrected chi connectivity index (χ3v) is 3.40. The fraction of sp³-hybridized carbons (Fsp3) is 0.727. The Hall–Kier alpha value is -0.490. The molecular formula is C11H20N2O2S. The van der Waals surface area contributed by atoms with Crippen LogP contribution in [0, 0.1) is 0 Å². The van der Waals surface area contributed by atoms with Crippen LogP contribution in [-0.2, 0) is 10.2 Å². The molecule has 0 saturated heterocycles. The highest BCUT2D eigenvalue weighted by Crippen LogP contribution is 2.28. The van der Waals surface area contributed by atoms with Gasteiger partial charge in [0.15, 0.2) is 0 Å². The van der Waals surface area contributed by atoms with Gasteiger partial charge in [0.2, 0.25) is 0 Å². The topological polar surface area (TPSA) is 68.4 Å². The first-order chi connectivity index (χ1) is 7.49. The maximum atomic E-state index is 8.71. The highest BCUT2D eigenvalue weighted by Gasteiger charge is 2.21. The minimum atomic E-state index is -0.209. The molecule has 1 heterocycles. The Morgan fingerprint density at radius 3 is 2.69 bits per heavy atom. The minimum Gasteiger partial charge on any atom is -0.394 e. The number of aliphatic hydroxyl groups is 1. The minimum absolute atomic E-state index is 0.00671. The van der Waals surface area contributed by atoms with Gasteiger partial charge in [-0.2, -0.15) is 0 Å². The quantitative estimate of drug-likeness (QED) is 0.822. The molecule has 1 atom stereocenters. The lowest BCUT2D eigenvalue weighted by Crippen LogP contribution is -2.18. The molecule has 1 aromatic heterocycles. The van der Waals surface area contributed by atoms with Crippen molar-refractivity contribution in [2.24, 2.45) is 5.73 Å². The first-order valence-corrected chi connectivity index (χ1v) is 6.25. The third kappa shape index (κ3) is 3.52. The van der Waals surface area contributed by atoms with Gasteiger partial charge in [-0.1, -0.05) is 20.8 Å². The summed E-state index contributed by atoms with van der Waals surface area (Å²) in [4.78, 5) is 4.54. The normalized spacial score (nSPS) is 14.1. The molecule has 0 spiro atoms. The van der Waals surface area contributed by atoms with E-state index >= 15 is 0 Å². The molecule has 0 aromatic carbocycles. The van der Waals surface area contributed by atoms with Crippen LogP contribution in [0.1, 0.15) is 37.6 Å². The second kappa shape index (κ2) is 5.72. The van der Waals surface area contributed by atoms with Crippen molar-refractivity contribution in [1.29, 1.82) is 0 Å². The summed E-state index contributed by atoms with van der Waals surface area (Å²) in [6.07, 6.45) is -0.209. The van der Waals surface area contributed by atoms with Crippen molar-refractivity contribution in [2.45, 2.75) is 32.3 Å². The molecule has 0 aliphatic carbocycles. The summed E-state index contributed by atoms with van der Waals surface area (Å²) >= 11 is 1.62. The van der Waals surface area contributed by atoms with Crippen molar-refractivity contribution >= 4 is 11.3 Å². The summed E-state index contributed by atoms with van der Waals surface area (Å²) in [6, 6.07) is 0. The zero-order valence-corrected chi connectivity index (χ0v) is 10.9. The molecule has 92 valence electrons. The van der Waals surface area contributed by atoms with Gasteiger partial charge in [0.05, 0.1) is 23.9 Å². The molecule has 0 saturated carbocycles. The number of ether oxygens (including phenoxy) is 1. The Kier molecular flexibility index (Phi) is 4.86. The number of nitrogens with zero attached hydrogens (tertiary/aromatic N) is 1. The number of rotatable bonds is 5. The van der Waals surface area contributed by atoms with Gasteiger partial charge in [0.25, 0.3) is 0 Å². The predicted molar refractivity (Wildman–Crippen MR) is 65.6 cm³/mol. The molecule has 1 aromatic rings. The average Bonchev–Trinajstić information content (AvgIpc) is 2.68. The smallest absolute Gasteiger partial charge is 0.113 e. The van der Waals surface area contributed by atoms with Crippen LogP contribution >= 0.6 is 11.3 Å². The van der Waals surface area contributed by atoms with E-state index in [9.17, 15) is 0 Å². The molecule has 0 bridgehead atoms. The van der Waals surface area contributed by atoms with Gasteiger partial charge in [0, 0.05) is 17.3 Å². The SMILES string of the molecule is CC(C)(C)c1nc(C(CN)OCCO)cs1. The summed E-state index contributed by atoms with van der Waals surface area (Å²) in [5.74, 6) is 0. The van der Waals surface area contributed by atoms with Gasteiger partial charge in [-0.25, -0.2) is 4.98 Å². The Labute approximate surface area is 100 Å². The van der Waals surface area contributed by atoms with Gasteiger partial charge in [0.1, 0.15) is 6.10 Å². The molecule has 0 fully saturated rings. The van der Waals surface area contributed by atoms with E-state index in [1.54, 1.807) is 11.3 Å². The zero-order valence-electron chi connectivity index (χ0n) is 10.1. The van der Waals surface area contributed by atoms with Crippen molar-refractivity contribution < 1.29 is 9.84 Å². The van der Waals surface area contributed by atoms with Gasteiger partial charge < -0.3 is 15.6 Å². The van der Waals surface area contributed by atoms with E-state index in [1.165, 1.54) is 0 Å². The number of aromatic nitrogens is 1. The van der Waals surface area contributed by atoms with Crippen molar-refractivity contribution in [3.63, 3.8) is 0 Å². The Bertz CT molecular complexity index is 320. The van der Waals surface area contributed by atoms with Crippen LogP contribution < -0.4 is 5.73 Å². The third-order valence-electron chi connectivity index (χ3n) is 2.12. The Morgan fingerprint density at radius 1 is 1.56 bits per heavy atom. The van der Waals surface area contributed by atoms with Crippen molar-refractivity contribution in [2.75, 3.05) is 19.8 Å². The molecule has 1 unspecified atom stereocenters. The van der Waals surface area contributed by atoms with Crippen molar-refractivity contribution in [3.8, 4) is 0 Å². The first-order valence-electron chi connectivity index (χ1n) is 5.37. The van der Waals surface area contributed by atoms with E-state index < -0.39 is 0 Å². The number of thiazole rings is 1. The summed E-state index contributed by atoms with van der Waals surface area (Å²) in [5.41, 5.74) is 6.54. The van der Waals surface area contributed by atoms with Crippen LogP contribution in [0.2, 0.25) is 0 Å². The van der Waals surface area contributed by atoms with Crippen molar-refractivity contribution in [3.05, 3.63) is 16.1 Å². The fourth-order valence-corrected chi connectivity index (χ4v) is 2.20. The first kappa shape index (κ1) is 13.6. The van der Waals surface area contributed by atoms with Crippen molar-refractivity contribution in [1.82, 2.24) is 4.98 Å². The average molecular weight is 244 g/mol. The number of aliphatic hydroxyl groups excluding tert-OH is 1.